The zero-order valence-electron chi connectivity index (χ0n) is 7.33. The van der Waals surface area contributed by atoms with Gasteiger partial charge in [-0.2, -0.15) is 0 Å². The van der Waals surface area contributed by atoms with Gasteiger partial charge in [-0.15, -0.1) is 0 Å². The minimum atomic E-state index is 0.967. The number of hydrogen-bond donors (Lipinski definition) is 0. The van der Waals surface area contributed by atoms with E-state index in [2.05, 4.69) is 26.0 Å². The van der Waals surface area contributed by atoms with Gasteiger partial charge in [-0.05, 0) is 25.0 Å². The first-order chi connectivity index (χ1) is 5.74. The molecule has 1 rings (SSSR count). The second-order valence-electron chi connectivity index (χ2n) is 2.59. The van der Waals surface area contributed by atoms with Crippen LogP contribution in [0, 0.1) is 6.92 Å². The predicted molar refractivity (Wildman–Crippen MR) is 59.9 cm³/mol. The van der Waals surface area contributed by atoms with Gasteiger partial charge in [-0.3, -0.25) is 0 Å². The number of rotatable bonds is 2. The fourth-order valence-corrected chi connectivity index (χ4v) is 1.90. The first kappa shape index (κ1) is 9.75. The molecule has 2 heteroatoms. The molecule has 0 saturated heterocycles. The van der Waals surface area contributed by atoms with Crippen molar-refractivity contribution in [1.82, 2.24) is 0 Å². The molecule has 0 aliphatic carbocycles. The van der Waals surface area contributed by atoms with Crippen molar-refractivity contribution in [3.8, 4) is 0 Å². The molecule has 0 aromatic heterocycles. The first-order valence-corrected chi connectivity index (χ1v) is 5.23. The third-order valence-corrected chi connectivity index (χ3v) is 3.34. The summed E-state index contributed by atoms with van der Waals surface area (Å²) >= 11 is 6.86. The van der Waals surface area contributed by atoms with E-state index in [1.165, 1.54) is 10.5 Å². The average molecular weight is 196 g/mol. The van der Waals surface area contributed by atoms with Crippen molar-refractivity contribution in [2.75, 3.05) is 0 Å². The van der Waals surface area contributed by atoms with Crippen LogP contribution in [0.2, 0.25) is 0 Å². The lowest BCUT2D eigenvalue weighted by Crippen LogP contribution is -1.85. The molecule has 1 aromatic rings. The maximum atomic E-state index is 5.16. The molecule has 0 fully saturated rings. The lowest BCUT2D eigenvalue weighted by atomic mass is 10.2. The normalized spacial score (nSPS) is 9.83. The third kappa shape index (κ3) is 2.61. The molecule has 0 unspecified atom stereocenters. The Labute approximate surface area is 83.4 Å². The minimum Gasteiger partial charge on any atom is -0.0825 e. The van der Waals surface area contributed by atoms with Crippen LogP contribution in [0.15, 0.2) is 29.2 Å². The predicted octanol–water partition coefficient (Wildman–Crippen LogP) is 3.82. The van der Waals surface area contributed by atoms with Gasteiger partial charge in [0, 0.05) is 4.90 Å². The minimum absolute atomic E-state index is 0.967. The van der Waals surface area contributed by atoms with Gasteiger partial charge in [0.15, 0.2) is 0 Å². The van der Waals surface area contributed by atoms with E-state index in [0.717, 1.165) is 10.6 Å². The highest BCUT2D eigenvalue weighted by Gasteiger charge is 1.99. The summed E-state index contributed by atoms with van der Waals surface area (Å²) < 4.78 is 1.06. The number of benzene rings is 1. The third-order valence-electron chi connectivity index (χ3n) is 1.61. The highest BCUT2D eigenvalue weighted by molar-refractivity contribution is 8.23. The van der Waals surface area contributed by atoms with Gasteiger partial charge >= 0.3 is 0 Å². The van der Waals surface area contributed by atoms with E-state index < -0.39 is 0 Å². The highest BCUT2D eigenvalue weighted by atomic mass is 32.2. The van der Waals surface area contributed by atoms with E-state index in [0.29, 0.717) is 0 Å². The Morgan fingerprint density at radius 1 is 1.42 bits per heavy atom. The van der Waals surface area contributed by atoms with Gasteiger partial charge in [0.1, 0.15) is 0 Å². The Hall–Kier alpha value is -0.340. The van der Waals surface area contributed by atoms with E-state index in [-0.39, 0.29) is 0 Å². The van der Waals surface area contributed by atoms with Crippen molar-refractivity contribution in [2.45, 2.75) is 25.2 Å². The summed E-state index contributed by atoms with van der Waals surface area (Å²) in [5, 5.41) is 0. The van der Waals surface area contributed by atoms with E-state index in [4.69, 9.17) is 12.2 Å². The molecule has 0 aliphatic rings. The molecule has 64 valence electrons. The molecule has 0 aliphatic heterocycles. The number of aryl methyl sites for hydroxylation is 1. The average Bonchev–Trinajstić information content (AvgIpc) is 2.09. The monoisotopic (exact) mass is 196 g/mol. The van der Waals surface area contributed by atoms with Gasteiger partial charge in [0.05, 0.1) is 4.20 Å². The summed E-state index contributed by atoms with van der Waals surface area (Å²) in [6.07, 6.45) is 0.967. The second kappa shape index (κ2) is 4.63. The van der Waals surface area contributed by atoms with Crippen molar-refractivity contribution in [3.63, 3.8) is 0 Å². The maximum absolute atomic E-state index is 5.16. The summed E-state index contributed by atoms with van der Waals surface area (Å²) in [4.78, 5) is 1.28. The van der Waals surface area contributed by atoms with E-state index in [9.17, 15) is 0 Å². The van der Waals surface area contributed by atoms with Crippen LogP contribution >= 0.6 is 24.0 Å². The zero-order chi connectivity index (χ0) is 8.97. The van der Waals surface area contributed by atoms with Gasteiger partial charge < -0.3 is 0 Å². The molecule has 0 amide bonds. The smallest absolute Gasteiger partial charge is 0.0524 e. The van der Waals surface area contributed by atoms with Crippen molar-refractivity contribution in [2.24, 2.45) is 0 Å². The van der Waals surface area contributed by atoms with Crippen molar-refractivity contribution >= 4 is 28.2 Å². The van der Waals surface area contributed by atoms with Crippen molar-refractivity contribution in [1.29, 1.82) is 0 Å². The van der Waals surface area contributed by atoms with Crippen LogP contribution < -0.4 is 0 Å². The molecule has 0 spiro atoms. The lowest BCUT2D eigenvalue weighted by Gasteiger charge is -2.03. The van der Waals surface area contributed by atoms with Crippen LogP contribution in [0.3, 0.4) is 0 Å². The summed E-state index contributed by atoms with van der Waals surface area (Å²) in [5.74, 6) is 0. The molecule has 0 heterocycles. The fourth-order valence-electron chi connectivity index (χ4n) is 0.866. The van der Waals surface area contributed by atoms with Crippen LogP contribution in [0.25, 0.3) is 0 Å². The Bertz CT molecular complexity index is 279. The van der Waals surface area contributed by atoms with E-state index in [1.54, 1.807) is 11.8 Å². The van der Waals surface area contributed by atoms with Crippen molar-refractivity contribution in [3.05, 3.63) is 29.8 Å². The van der Waals surface area contributed by atoms with Gasteiger partial charge in [0.2, 0.25) is 0 Å². The number of thioether (sulfide) groups is 1. The topological polar surface area (TPSA) is 0 Å². The largest absolute Gasteiger partial charge is 0.0825 e. The molecular weight excluding hydrogens is 184 g/mol. The van der Waals surface area contributed by atoms with Gasteiger partial charge in [0.25, 0.3) is 0 Å². The summed E-state index contributed by atoms with van der Waals surface area (Å²) in [6.45, 7) is 4.20. The molecule has 0 bridgehead atoms. The van der Waals surface area contributed by atoms with Crippen molar-refractivity contribution < 1.29 is 0 Å². The lowest BCUT2D eigenvalue weighted by molar-refractivity contribution is 1.30. The number of hydrogen-bond acceptors (Lipinski definition) is 2. The molecular formula is C10H12S2. The first-order valence-electron chi connectivity index (χ1n) is 4.00. The SMILES string of the molecule is CCC(=S)Sc1ccccc1C. The Morgan fingerprint density at radius 2 is 2.08 bits per heavy atom. The van der Waals surface area contributed by atoms with Crippen LogP contribution in [-0.4, -0.2) is 4.20 Å². The quantitative estimate of drug-likeness (QED) is 0.521. The Morgan fingerprint density at radius 3 is 2.67 bits per heavy atom. The molecule has 0 radical (unpaired) electrons. The van der Waals surface area contributed by atoms with Crippen LogP contribution in [0.4, 0.5) is 0 Å². The number of thiocarbonyl (C=S) groups is 1. The molecule has 12 heavy (non-hydrogen) atoms. The van der Waals surface area contributed by atoms with E-state index in [1.807, 2.05) is 12.1 Å². The summed E-state index contributed by atoms with van der Waals surface area (Å²) in [5.41, 5.74) is 1.30. The summed E-state index contributed by atoms with van der Waals surface area (Å²) in [7, 11) is 0. The maximum Gasteiger partial charge on any atom is 0.0524 e. The summed E-state index contributed by atoms with van der Waals surface area (Å²) in [6, 6.07) is 8.32. The Balaban J connectivity index is 2.75. The zero-order valence-corrected chi connectivity index (χ0v) is 8.97. The molecule has 0 N–H and O–H groups in total. The fraction of sp³-hybridized carbons (Fsp3) is 0.300. The van der Waals surface area contributed by atoms with E-state index >= 15 is 0 Å². The van der Waals surface area contributed by atoms with Crippen LogP contribution in [-0.2, 0) is 0 Å². The van der Waals surface area contributed by atoms with Gasteiger partial charge in [-0.25, -0.2) is 0 Å². The standard InChI is InChI=1S/C10H12S2/c1-3-10(11)12-9-7-5-4-6-8(9)2/h4-7H,3H2,1-2H3. The Kier molecular flexibility index (Phi) is 3.76. The molecule has 1 aromatic carbocycles. The molecule has 0 saturated carbocycles. The van der Waals surface area contributed by atoms with Gasteiger partial charge in [-0.1, -0.05) is 49.1 Å². The second-order valence-corrected chi connectivity index (χ2v) is 4.48. The van der Waals surface area contributed by atoms with Crippen LogP contribution in [0.5, 0.6) is 0 Å². The molecule has 0 nitrogen and oxygen atoms in total. The highest BCUT2D eigenvalue weighted by Crippen LogP contribution is 2.24. The van der Waals surface area contributed by atoms with Crippen LogP contribution in [0.1, 0.15) is 18.9 Å². The molecule has 0 atom stereocenters.